The number of carbonyl (C=O) groups is 2. The van der Waals surface area contributed by atoms with Crippen LogP contribution < -0.4 is 5.32 Å². The van der Waals surface area contributed by atoms with Crippen LogP contribution in [0.15, 0.2) is 5.38 Å². The zero-order valence-electron chi connectivity index (χ0n) is 10.7. The summed E-state index contributed by atoms with van der Waals surface area (Å²) in [5.74, 6) is -0.439. The van der Waals surface area contributed by atoms with E-state index in [2.05, 4.69) is 10.3 Å². The molecule has 0 saturated heterocycles. The predicted octanol–water partition coefficient (Wildman–Crippen LogP) is 0.749. The predicted molar refractivity (Wildman–Crippen MR) is 69.6 cm³/mol. The molecule has 0 fully saturated rings. The number of hydrogen-bond donors (Lipinski definition) is 1. The Balaban J connectivity index is 2.48. The van der Waals surface area contributed by atoms with Gasteiger partial charge in [0.2, 0.25) is 5.91 Å². The van der Waals surface area contributed by atoms with Crippen molar-refractivity contribution >= 4 is 28.3 Å². The van der Waals surface area contributed by atoms with Crippen LogP contribution in [0.25, 0.3) is 0 Å². The van der Waals surface area contributed by atoms with Crippen molar-refractivity contribution in [2.24, 2.45) is 0 Å². The first kappa shape index (κ1) is 14.6. The Bertz CT molecular complexity index is 417. The fourth-order valence-corrected chi connectivity index (χ4v) is 1.98. The van der Waals surface area contributed by atoms with E-state index in [0.29, 0.717) is 24.0 Å². The monoisotopic (exact) mass is 271 g/mol. The molecule has 0 aliphatic carbocycles. The summed E-state index contributed by atoms with van der Waals surface area (Å²) in [6.45, 7) is 2.41. The number of aromatic nitrogens is 1. The van der Waals surface area contributed by atoms with Gasteiger partial charge in [-0.05, 0) is 21.0 Å². The van der Waals surface area contributed by atoms with Gasteiger partial charge >= 0.3 is 5.97 Å². The Morgan fingerprint density at radius 2 is 2.22 bits per heavy atom. The molecule has 0 aliphatic rings. The van der Waals surface area contributed by atoms with Crippen molar-refractivity contribution in [1.82, 2.24) is 9.88 Å². The molecule has 0 bridgehead atoms. The van der Waals surface area contributed by atoms with Gasteiger partial charge in [0, 0.05) is 5.38 Å². The third kappa shape index (κ3) is 5.24. The lowest BCUT2D eigenvalue weighted by Gasteiger charge is -2.07. The van der Waals surface area contributed by atoms with Gasteiger partial charge in [0.15, 0.2) is 5.13 Å². The Morgan fingerprint density at radius 3 is 2.83 bits per heavy atom. The summed E-state index contributed by atoms with van der Waals surface area (Å²) in [7, 11) is 3.63. The molecule has 0 saturated carbocycles. The minimum Gasteiger partial charge on any atom is -0.466 e. The minimum absolute atomic E-state index is 0.128. The SMILES string of the molecule is CCOC(=O)Cc1csc(NC(=O)CN(C)C)n1. The molecule has 0 radical (unpaired) electrons. The van der Waals surface area contributed by atoms with Crippen LogP contribution in [0.4, 0.5) is 5.13 Å². The third-order valence-electron chi connectivity index (χ3n) is 1.89. The molecule has 0 unspecified atom stereocenters. The molecule has 1 aromatic heterocycles. The van der Waals surface area contributed by atoms with E-state index in [1.165, 1.54) is 11.3 Å². The van der Waals surface area contributed by atoms with Gasteiger partial charge < -0.3 is 15.0 Å². The van der Waals surface area contributed by atoms with E-state index < -0.39 is 0 Å². The molecule has 7 heteroatoms. The molecule has 1 amide bonds. The number of carbonyl (C=O) groups excluding carboxylic acids is 2. The van der Waals surface area contributed by atoms with Gasteiger partial charge in [-0.3, -0.25) is 9.59 Å². The van der Waals surface area contributed by atoms with E-state index in [-0.39, 0.29) is 18.3 Å². The number of nitrogens with zero attached hydrogens (tertiary/aromatic N) is 2. The Hall–Kier alpha value is -1.47. The lowest BCUT2D eigenvalue weighted by Crippen LogP contribution is -2.27. The van der Waals surface area contributed by atoms with E-state index in [4.69, 9.17) is 4.74 Å². The van der Waals surface area contributed by atoms with Crippen LogP contribution >= 0.6 is 11.3 Å². The van der Waals surface area contributed by atoms with E-state index in [9.17, 15) is 9.59 Å². The highest BCUT2D eigenvalue weighted by Gasteiger charge is 2.10. The number of esters is 1. The molecule has 6 nitrogen and oxygen atoms in total. The molecule has 18 heavy (non-hydrogen) atoms. The van der Waals surface area contributed by atoms with Gasteiger partial charge in [-0.25, -0.2) is 4.98 Å². The maximum Gasteiger partial charge on any atom is 0.311 e. The van der Waals surface area contributed by atoms with Crippen molar-refractivity contribution in [3.63, 3.8) is 0 Å². The Labute approximate surface area is 110 Å². The van der Waals surface area contributed by atoms with Crippen LogP contribution in [0.3, 0.4) is 0 Å². The van der Waals surface area contributed by atoms with Gasteiger partial charge in [0.05, 0.1) is 25.3 Å². The summed E-state index contributed by atoms with van der Waals surface area (Å²) in [5.41, 5.74) is 0.610. The number of rotatable bonds is 6. The molecule has 0 spiro atoms. The smallest absolute Gasteiger partial charge is 0.311 e. The largest absolute Gasteiger partial charge is 0.466 e. The average molecular weight is 271 g/mol. The number of ether oxygens (including phenoxy) is 1. The van der Waals surface area contributed by atoms with E-state index in [0.717, 1.165) is 0 Å². The molecule has 0 aromatic carbocycles. The quantitative estimate of drug-likeness (QED) is 0.773. The number of hydrogen-bond acceptors (Lipinski definition) is 6. The van der Waals surface area contributed by atoms with Gasteiger partial charge in [-0.15, -0.1) is 11.3 Å². The van der Waals surface area contributed by atoms with E-state index >= 15 is 0 Å². The molecular formula is C11H17N3O3S. The van der Waals surface area contributed by atoms with Crippen LogP contribution in [0.5, 0.6) is 0 Å². The fourth-order valence-electron chi connectivity index (χ4n) is 1.25. The molecule has 0 atom stereocenters. The average Bonchev–Trinajstić information content (AvgIpc) is 2.64. The standard InChI is InChI=1S/C11H17N3O3S/c1-4-17-10(16)5-8-7-18-11(12-8)13-9(15)6-14(2)3/h7H,4-6H2,1-3H3,(H,12,13,15). The van der Waals surface area contributed by atoms with Crippen LogP contribution in [0.1, 0.15) is 12.6 Å². The van der Waals surface area contributed by atoms with Crippen molar-refractivity contribution in [1.29, 1.82) is 0 Å². The normalized spacial score (nSPS) is 10.4. The maximum absolute atomic E-state index is 11.5. The number of anilines is 1. The van der Waals surface area contributed by atoms with Crippen LogP contribution in [0.2, 0.25) is 0 Å². The highest BCUT2D eigenvalue weighted by atomic mass is 32.1. The highest BCUT2D eigenvalue weighted by Crippen LogP contribution is 2.15. The molecule has 100 valence electrons. The summed E-state index contributed by atoms with van der Waals surface area (Å²) < 4.78 is 4.82. The number of amides is 1. The summed E-state index contributed by atoms with van der Waals surface area (Å²) >= 11 is 1.30. The second-order valence-electron chi connectivity index (χ2n) is 3.91. The second-order valence-corrected chi connectivity index (χ2v) is 4.77. The molecule has 1 rings (SSSR count). The van der Waals surface area contributed by atoms with Crippen LogP contribution in [0, 0.1) is 0 Å². The minimum atomic E-state index is -0.311. The first-order valence-corrected chi connectivity index (χ1v) is 6.43. The maximum atomic E-state index is 11.5. The third-order valence-corrected chi connectivity index (χ3v) is 2.70. The van der Waals surface area contributed by atoms with Crippen molar-refractivity contribution in [3.05, 3.63) is 11.1 Å². The van der Waals surface area contributed by atoms with Gasteiger partial charge in [-0.1, -0.05) is 0 Å². The van der Waals surface area contributed by atoms with Crippen molar-refractivity contribution < 1.29 is 14.3 Å². The molecule has 1 heterocycles. The number of likely N-dealkylation sites (N-methyl/N-ethyl adjacent to an activating group) is 1. The van der Waals surface area contributed by atoms with Crippen molar-refractivity contribution in [2.45, 2.75) is 13.3 Å². The second kappa shape index (κ2) is 7.07. The highest BCUT2D eigenvalue weighted by molar-refractivity contribution is 7.13. The topological polar surface area (TPSA) is 71.5 Å². The molecule has 0 aliphatic heterocycles. The van der Waals surface area contributed by atoms with Gasteiger partial charge in [0.25, 0.3) is 0 Å². The molecule has 1 N–H and O–H groups in total. The van der Waals surface area contributed by atoms with Crippen LogP contribution in [-0.4, -0.2) is 49.0 Å². The van der Waals surface area contributed by atoms with Gasteiger partial charge in [0.1, 0.15) is 0 Å². The summed E-state index contributed by atoms with van der Waals surface area (Å²) in [6.07, 6.45) is 0.133. The summed E-state index contributed by atoms with van der Waals surface area (Å²) in [5, 5.41) is 4.91. The van der Waals surface area contributed by atoms with Crippen molar-refractivity contribution in [3.8, 4) is 0 Å². The Morgan fingerprint density at radius 1 is 1.50 bits per heavy atom. The lowest BCUT2D eigenvalue weighted by molar-refractivity contribution is -0.142. The van der Waals surface area contributed by atoms with E-state index in [1.807, 2.05) is 14.1 Å². The molecule has 1 aromatic rings. The number of nitrogens with one attached hydrogen (secondary N) is 1. The van der Waals surface area contributed by atoms with Crippen LogP contribution in [-0.2, 0) is 20.7 Å². The van der Waals surface area contributed by atoms with Gasteiger partial charge in [-0.2, -0.15) is 0 Å². The first-order chi connectivity index (χ1) is 8.51. The lowest BCUT2D eigenvalue weighted by atomic mass is 10.3. The first-order valence-electron chi connectivity index (χ1n) is 5.56. The number of thiazole rings is 1. The summed E-state index contributed by atoms with van der Waals surface area (Å²) in [4.78, 5) is 28.6. The van der Waals surface area contributed by atoms with Crippen molar-refractivity contribution in [2.75, 3.05) is 32.6 Å². The zero-order valence-corrected chi connectivity index (χ0v) is 11.5. The van der Waals surface area contributed by atoms with E-state index in [1.54, 1.807) is 17.2 Å². The Kier molecular flexibility index (Phi) is 5.73. The fraction of sp³-hybridized carbons (Fsp3) is 0.545. The zero-order chi connectivity index (χ0) is 13.5. The summed E-state index contributed by atoms with van der Waals surface area (Å²) in [6, 6.07) is 0. The molecular weight excluding hydrogens is 254 g/mol.